The Morgan fingerprint density at radius 1 is 1.28 bits per heavy atom. The van der Waals surface area contributed by atoms with Crippen LogP contribution in [0.1, 0.15) is 31.2 Å². The monoisotopic (exact) mass is 373 g/mol. The zero-order valence-electron chi connectivity index (χ0n) is 13.4. The van der Waals surface area contributed by atoms with Crippen molar-refractivity contribution >= 4 is 15.7 Å². The molecular weight excluding hydrogens is 355 g/mol. The smallest absolute Gasteiger partial charge is 0.370 e. The summed E-state index contributed by atoms with van der Waals surface area (Å²) < 4.78 is 62.2. The molecule has 136 valence electrons. The van der Waals surface area contributed by atoms with Gasteiger partial charge in [-0.15, -0.1) is 0 Å². The summed E-state index contributed by atoms with van der Waals surface area (Å²) in [7, 11) is -4.32. The average Bonchev–Trinajstić information content (AvgIpc) is 2.97. The molecule has 1 aliphatic heterocycles. The molecule has 0 amide bonds. The third-order valence-electron chi connectivity index (χ3n) is 5.05. The van der Waals surface area contributed by atoms with E-state index in [4.69, 9.17) is 0 Å². The first kappa shape index (κ1) is 18.0. The maximum absolute atomic E-state index is 12.2. The molecule has 5 nitrogen and oxygen atoms in total. The van der Waals surface area contributed by atoms with Crippen molar-refractivity contribution in [2.75, 3.05) is 24.5 Å². The van der Waals surface area contributed by atoms with Gasteiger partial charge in [0.2, 0.25) is 10.0 Å². The molecule has 1 N–H and O–H groups in total. The molecule has 25 heavy (non-hydrogen) atoms. The third-order valence-corrected chi connectivity index (χ3v) is 6.45. The molecule has 1 aliphatic carbocycles. The number of sulfonamides is 1. The number of halogens is 3. The summed E-state index contributed by atoms with van der Waals surface area (Å²) in [6, 6.07) is 5.87. The first-order valence-electron chi connectivity index (χ1n) is 8.00. The van der Waals surface area contributed by atoms with E-state index in [9.17, 15) is 26.9 Å². The predicted molar refractivity (Wildman–Crippen MR) is 85.5 cm³/mol. The molecule has 1 aromatic carbocycles. The highest BCUT2D eigenvalue weighted by atomic mass is 32.2. The molecule has 2 fully saturated rings. The molecule has 1 spiro atoms. The number of nitriles is 1. The van der Waals surface area contributed by atoms with E-state index in [-0.39, 0.29) is 10.5 Å². The van der Waals surface area contributed by atoms with E-state index in [1.54, 1.807) is 0 Å². The molecule has 1 saturated heterocycles. The number of alkyl halides is 3. The minimum absolute atomic E-state index is 0.159. The average molecular weight is 373 g/mol. The van der Waals surface area contributed by atoms with Crippen molar-refractivity contribution in [3.63, 3.8) is 0 Å². The molecule has 3 rings (SSSR count). The number of hydrogen-bond acceptors (Lipinski definition) is 4. The number of hydrogen-bond donors (Lipinski definition) is 1. The summed E-state index contributed by atoms with van der Waals surface area (Å²) in [6.07, 6.45) is -0.0534. The van der Waals surface area contributed by atoms with E-state index in [0.29, 0.717) is 11.1 Å². The van der Waals surface area contributed by atoms with E-state index in [0.717, 1.165) is 25.6 Å². The minimum atomic E-state index is -4.64. The van der Waals surface area contributed by atoms with Crippen LogP contribution in [0.25, 0.3) is 0 Å². The lowest BCUT2D eigenvalue weighted by Gasteiger charge is -2.38. The lowest BCUT2D eigenvalue weighted by molar-refractivity contribution is -0.121. The first-order chi connectivity index (χ1) is 11.6. The van der Waals surface area contributed by atoms with E-state index in [1.165, 1.54) is 36.1 Å². The van der Waals surface area contributed by atoms with Gasteiger partial charge in [-0.3, -0.25) is 0 Å². The Bertz CT molecular complexity index is 811. The standard InChI is InChI=1S/C16H18F3N3O2S/c17-16(18,19)10-21-25(23,24)13-2-3-14(12(8-13)9-20)22-7-6-15(11-22)4-1-5-15/h2-3,8,21H,1,4-7,10-11H2. The van der Waals surface area contributed by atoms with Crippen LogP contribution in [0, 0.1) is 16.7 Å². The number of benzene rings is 1. The maximum Gasteiger partial charge on any atom is 0.402 e. The third kappa shape index (κ3) is 3.75. The van der Waals surface area contributed by atoms with Crippen LogP contribution in [0.4, 0.5) is 18.9 Å². The van der Waals surface area contributed by atoms with Crippen molar-refractivity contribution < 1.29 is 21.6 Å². The van der Waals surface area contributed by atoms with Crippen molar-refractivity contribution in [3.05, 3.63) is 23.8 Å². The highest BCUT2D eigenvalue weighted by molar-refractivity contribution is 7.89. The van der Waals surface area contributed by atoms with E-state index >= 15 is 0 Å². The van der Waals surface area contributed by atoms with Gasteiger partial charge in [0.25, 0.3) is 0 Å². The number of nitrogens with zero attached hydrogens (tertiary/aromatic N) is 2. The van der Waals surface area contributed by atoms with Gasteiger partial charge in [0, 0.05) is 13.1 Å². The lowest BCUT2D eigenvalue weighted by atomic mass is 9.68. The van der Waals surface area contributed by atoms with Crippen LogP contribution >= 0.6 is 0 Å². The van der Waals surface area contributed by atoms with Crippen molar-refractivity contribution in [3.8, 4) is 6.07 Å². The van der Waals surface area contributed by atoms with E-state index in [1.807, 2.05) is 6.07 Å². The Kier molecular flexibility index (Phi) is 4.45. The fourth-order valence-corrected chi connectivity index (χ4v) is 4.57. The van der Waals surface area contributed by atoms with Crippen LogP contribution in [0.3, 0.4) is 0 Å². The van der Waals surface area contributed by atoms with E-state index < -0.39 is 22.7 Å². The topological polar surface area (TPSA) is 73.2 Å². The molecule has 0 radical (unpaired) electrons. The fraction of sp³-hybridized carbons (Fsp3) is 0.562. The molecule has 1 aromatic rings. The molecule has 0 aromatic heterocycles. The zero-order valence-corrected chi connectivity index (χ0v) is 14.3. The largest absolute Gasteiger partial charge is 0.402 e. The Labute approximate surface area is 144 Å². The van der Waals surface area contributed by atoms with Crippen LogP contribution in [-0.4, -0.2) is 34.2 Å². The molecule has 0 unspecified atom stereocenters. The molecular formula is C16H18F3N3O2S. The summed E-state index contributed by atoms with van der Waals surface area (Å²) >= 11 is 0. The first-order valence-corrected chi connectivity index (χ1v) is 9.48. The van der Waals surface area contributed by atoms with Crippen molar-refractivity contribution in [2.24, 2.45) is 5.41 Å². The second-order valence-corrected chi connectivity index (χ2v) is 8.52. The second kappa shape index (κ2) is 6.18. The summed E-state index contributed by atoms with van der Waals surface area (Å²) in [5, 5.41) is 9.36. The van der Waals surface area contributed by atoms with Gasteiger partial charge in [0.05, 0.1) is 16.1 Å². The zero-order chi connectivity index (χ0) is 18.3. The minimum Gasteiger partial charge on any atom is -0.370 e. The van der Waals surface area contributed by atoms with Gasteiger partial charge < -0.3 is 4.90 Å². The highest BCUT2D eigenvalue weighted by Gasteiger charge is 2.43. The van der Waals surface area contributed by atoms with Crippen LogP contribution in [0.2, 0.25) is 0 Å². The molecule has 2 aliphatic rings. The SMILES string of the molecule is N#Cc1cc(S(=O)(=O)NCC(F)(F)F)ccc1N1CCC2(CCC2)C1. The number of anilines is 1. The van der Waals surface area contributed by atoms with Crippen LogP contribution in [0.5, 0.6) is 0 Å². The predicted octanol–water partition coefficient (Wildman–Crippen LogP) is 2.78. The maximum atomic E-state index is 12.2. The van der Waals surface area contributed by atoms with E-state index in [2.05, 4.69) is 4.90 Å². The summed E-state index contributed by atoms with van der Waals surface area (Å²) in [6.45, 7) is -0.0131. The molecule has 1 heterocycles. The highest BCUT2D eigenvalue weighted by Crippen LogP contribution is 2.49. The summed E-state index contributed by atoms with van der Waals surface area (Å²) in [5.74, 6) is 0. The Hall–Kier alpha value is -1.79. The Morgan fingerprint density at radius 3 is 2.52 bits per heavy atom. The van der Waals surface area contributed by atoms with Gasteiger partial charge in [-0.05, 0) is 42.9 Å². The Morgan fingerprint density at radius 2 is 2.00 bits per heavy atom. The summed E-state index contributed by atoms with van der Waals surface area (Å²) in [5.41, 5.74) is 1.11. The molecule has 1 saturated carbocycles. The molecule has 0 atom stereocenters. The number of rotatable bonds is 4. The van der Waals surface area contributed by atoms with Crippen molar-refractivity contribution in [1.29, 1.82) is 5.26 Å². The summed E-state index contributed by atoms with van der Waals surface area (Å²) in [4.78, 5) is 1.73. The molecule has 0 bridgehead atoms. The van der Waals surface area contributed by atoms with Gasteiger partial charge in [-0.1, -0.05) is 6.42 Å². The molecule has 9 heteroatoms. The van der Waals surface area contributed by atoms with Crippen molar-refractivity contribution in [2.45, 2.75) is 36.8 Å². The van der Waals surface area contributed by atoms with Gasteiger partial charge in [-0.25, -0.2) is 13.1 Å². The lowest BCUT2D eigenvalue weighted by Crippen LogP contribution is -2.34. The number of nitrogens with one attached hydrogen (secondary N) is 1. The van der Waals surface area contributed by atoms with Crippen LogP contribution < -0.4 is 9.62 Å². The fourth-order valence-electron chi connectivity index (χ4n) is 3.53. The normalized spacial score (nSPS) is 19.7. The van der Waals surface area contributed by atoms with Gasteiger partial charge >= 0.3 is 6.18 Å². The van der Waals surface area contributed by atoms with Crippen molar-refractivity contribution in [1.82, 2.24) is 4.72 Å². The second-order valence-electron chi connectivity index (χ2n) is 6.76. The van der Waals surface area contributed by atoms with Crippen LogP contribution in [-0.2, 0) is 10.0 Å². The van der Waals surface area contributed by atoms with Gasteiger partial charge in [0.1, 0.15) is 12.6 Å². The van der Waals surface area contributed by atoms with Gasteiger partial charge in [-0.2, -0.15) is 18.4 Å². The quantitative estimate of drug-likeness (QED) is 0.881. The van der Waals surface area contributed by atoms with Crippen LogP contribution in [0.15, 0.2) is 23.1 Å². The van der Waals surface area contributed by atoms with Gasteiger partial charge in [0.15, 0.2) is 0 Å². The Balaban J connectivity index is 1.81.